The maximum Gasteiger partial charge on any atom is 0.335 e. The number of benzene rings is 3. The van der Waals surface area contributed by atoms with Gasteiger partial charge in [0.2, 0.25) is 0 Å². The Morgan fingerprint density at radius 1 is 1.00 bits per heavy atom. The first-order valence-electron chi connectivity index (χ1n) is 9.34. The van der Waals surface area contributed by atoms with E-state index in [-0.39, 0.29) is 29.3 Å². The summed E-state index contributed by atoms with van der Waals surface area (Å²) in [6, 6.07) is 16.5. The molecule has 3 rings (SSSR count). The molecule has 0 bridgehead atoms. The first-order valence-corrected chi connectivity index (χ1v) is 9.34. The van der Waals surface area contributed by atoms with E-state index < -0.39 is 12.1 Å². The van der Waals surface area contributed by atoms with Gasteiger partial charge in [-0.1, -0.05) is 36.4 Å². The van der Waals surface area contributed by atoms with Crippen LogP contribution in [0.5, 0.6) is 11.5 Å². The fourth-order valence-electron chi connectivity index (χ4n) is 3.11. The molecule has 0 amide bonds. The lowest BCUT2D eigenvalue weighted by molar-refractivity contribution is 0.0696. The van der Waals surface area contributed by atoms with Crippen molar-refractivity contribution in [3.05, 3.63) is 94.0 Å². The average molecular weight is 406 g/mol. The number of aliphatic hydroxyl groups is 1. The highest BCUT2D eigenvalue weighted by Gasteiger charge is 2.14. The minimum atomic E-state index is -1.05. The molecular weight excluding hydrogens is 384 g/mol. The minimum Gasteiger partial charge on any atom is -0.507 e. The number of aromatic hydroxyl groups is 1. The van der Waals surface area contributed by atoms with Crippen LogP contribution in [0.3, 0.4) is 0 Å². The Balaban J connectivity index is 1.71. The van der Waals surface area contributed by atoms with Crippen LogP contribution in [0.2, 0.25) is 0 Å². The first-order chi connectivity index (χ1) is 14.3. The predicted molar refractivity (Wildman–Crippen MR) is 111 cm³/mol. The summed E-state index contributed by atoms with van der Waals surface area (Å²) in [5.41, 5.74) is 2.83. The number of ether oxygens (including phenoxy) is 1. The molecule has 0 saturated carbocycles. The Morgan fingerprint density at radius 2 is 1.70 bits per heavy atom. The highest BCUT2D eigenvalue weighted by Crippen LogP contribution is 2.31. The van der Waals surface area contributed by atoms with Gasteiger partial charge in [-0.15, -0.1) is 0 Å². The maximum atomic E-state index is 11.5. The van der Waals surface area contributed by atoms with Gasteiger partial charge in [-0.3, -0.25) is 4.79 Å². The molecule has 0 heterocycles. The van der Waals surface area contributed by atoms with Crippen LogP contribution in [0.15, 0.2) is 60.7 Å². The van der Waals surface area contributed by atoms with Crippen LogP contribution in [0.25, 0.3) is 0 Å². The van der Waals surface area contributed by atoms with Gasteiger partial charge in [0.15, 0.2) is 5.78 Å². The van der Waals surface area contributed by atoms with Gasteiger partial charge in [-0.25, -0.2) is 4.79 Å². The summed E-state index contributed by atoms with van der Waals surface area (Å²) in [6.07, 6.45) is -0.947. The predicted octanol–water partition coefficient (Wildman–Crippen LogP) is 4.26. The molecule has 0 fully saturated rings. The zero-order valence-electron chi connectivity index (χ0n) is 16.6. The van der Waals surface area contributed by atoms with Gasteiger partial charge in [0, 0.05) is 5.56 Å². The number of hydrogen-bond acceptors (Lipinski definition) is 5. The van der Waals surface area contributed by atoms with Gasteiger partial charge in [-0.05, 0) is 54.8 Å². The third kappa shape index (κ3) is 4.50. The zero-order valence-corrected chi connectivity index (χ0v) is 16.6. The van der Waals surface area contributed by atoms with E-state index in [1.54, 1.807) is 49.4 Å². The number of carboxylic acids is 1. The molecule has 6 heteroatoms. The summed E-state index contributed by atoms with van der Waals surface area (Å²) >= 11 is 0. The lowest BCUT2D eigenvalue weighted by atomic mass is 9.99. The Morgan fingerprint density at radius 3 is 2.33 bits per heavy atom. The van der Waals surface area contributed by atoms with E-state index in [4.69, 9.17) is 9.84 Å². The van der Waals surface area contributed by atoms with Crippen molar-refractivity contribution in [2.45, 2.75) is 26.6 Å². The lowest BCUT2D eigenvalue weighted by Crippen LogP contribution is -2.04. The number of aromatic carboxylic acids is 1. The highest BCUT2D eigenvalue weighted by atomic mass is 16.5. The number of rotatable bonds is 7. The molecule has 6 nitrogen and oxygen atoms in total. The molecule has 3 N–H and O–H groups in total. The molecule has 30 heavy (non-hydrogen) atoms. The van der Waals surface area contributed by atoms with Gasteiger partial charge in [-0.2, -0.15) is 0 Å². The van der Waals surface area contributed by atoms with Crippen molar-refractivity contribution in [2.75, 3.05) is 0 Å². The molecule has 1 unspecified atom stereocenters. The van der Waals surface area contributed by atoms with E-state index >= 15 is 0 Å². The van der Waals surface area contributed by atoms with Crippen LogP contribution >= 0.6 is 0 Å². The molecular formula is C24H22O6. The van der Waals surface area contributed by atoms with Gasteiger partial charge in [0.05, 0.1) is 11.1 Å². The Hall–Kier alpha value is -3.64. The van der Waals surface area contributed by atoms with Crippen LogP contribution in [0.1, 0.15) is 56.0 Å². The average Bonchev–Trinajstić information content (AvgIpc) is 2.74. The number of phenolic OH excluding ortho intramolecular Hbond substituents is 1. The molecule has 1 atom stereocenters. The summed E-state index contributed by atoms with van der Waals surface area (Å²) in [6.45, 7) is 3.31. The summed E-state index contributed by atoms with van der Waals surface area (Å²) < 4.78 is 5.77. The normalized spacial score (nSPS) is 11.7. The van der Waals surface area contributed by atoms with E-state index in [1.807, 2.05) is 0 Å². The third-order valence-electron chi connectivity index (χ3n) is 4.90. The van der Waals surface area contributed by atoms with E-state index in [0.29, 0.717) is 22.4 Å². The first kappa shape index (κ1) is 21.1. The third-order valence-corrected chi connectivity index (χ3v) is 4.90. The summed E-state index contributed by atoms with van der Waals surface area (Å²) in [5.74, 6) is -0.867. The van der Waals surface area contributed by atoms with Gasteiger partial charge < -0.3 is 20.1 Å². The van der Waals surface area contributed by atoms with Gasteiger partial charge in [0.1, 0.15) is 24.2 Å². The molecule has 0 saturated heterocycles. The van der Waals surface area contributed by atoms with Crippen LogP contribution in [0, 0.1) is 6.92 Å². The quantitative estimate of drug-likeness (QED) is 0.507. The van der Waals surface area contributed by atoms with Crippen molar-refractivity contribution >= 4 is 11.8 Å². The van der Waals surface area contributed by atoms with E-state index in [1.165, 1.54) is 25.1 Å². The molecule has 0 spiro atoms. The number of carbonyl (C=O) groups excluding carboxylic acids is 1. The molecule has 0 aliphatic heterocycles. The second-order valence-electron chi connectivity index (χ2n) is 7.00. The summed E-state index contributed by atoms with van der Waals surface area (Å²) in [7, 11) is 0. The van der Waals surface area contributed by atoms with Crippen molar-refractivity contribution in [3.63, 3.8) is 0 Å². The van der Waals surface area contributed by atoms with Crippen LogP contribution in [0.4, 0.5) is 0 Å². The molecule has 3 aromatic rings. The fraction of sp³-hybridized carbons (Fsp3) is 0.167. The van der Waals surface area contributed by atoms with E-state index in [9.17, 15) is 19.8 Å². The number of hydrogen-bond donors (Lipinski definition) is 3. The molecule has 154 valence electrons. The fourth-order valence-corrected chi connectivity index (χ4v) is 3.11. The Labute approximate surface area is 174 Å². The number of carbonyl (C=O) groups is 2. The van der Waals surface area contributed by atoms with E-state index in [0.717, 1.165) is 5.56 Å². The molecule has 0 aromatic heterocycles. The molecule has 0 aliphatic carbocycles. The number of aliphatic hydroxyl groups excluding tert-OH is 1. The largest absolute Gasteiger partial charge is 0.507 e. The number of ketones is 1. The lowest BCUT2D eigenvalue weighted by Gasteiger charge is -2.14. The minimum absolute atomic E-state index is 0.0814. The number of phenols is 1. The highest BCUT2D eigenvalue weighted by molar-refractivity contribution is 5.97. The topological polar surface area (TPSA) is 104 Å². The zero-order chi connectivity index (χ0) is 21.8. The Bertz CT molecular complexity index is 1090. The molecule has 0 aliphatic rings. The summed E-state index contributed by atoms with van der Waals surface area (Å²) in [5, 5.41) is 29.8. The van der Waals surface area contributed by atoms with Crippen LogP contribution in [-0.4, -0.2) is 27.1 Å². The standard InChI is InChI=1S/C24H22O6/c1-14-21(11-10-20(15(2)25)22(14)26)30-13-16-6-8-17(9-7-16)23(27)18-4-3-5-19(12-18)24(28)29/h3-12,23,26-27H,13H2,1-2H3,(H,28,29). The second kappa shape index (κ2) is 8.80. The van der Waals surface area contributed by atoms with Crippen molar-refractivity contribution in [2.24, 2.45) is 0 Å². The van der Waals surface area contributed by atoms with Crippen molar-refractivity contribution < 1.29 is 29.6 Å². The number of Topliss-reactive ketones (excluding diaryl/α,β-unsaturated/α-hetero) is 1. The van der Waals surface area contributed by atoms with Crippen LogP contribution < -0.4 is 4.74 Å². The van der Waals surface area contributed by atoms with Crippen LogP contribution in [-0.2, 0) is 6.61 Å². The van der Waals surface area contributed by atoms with Crippen molar-refractivity contribution in [1.29, 1.82) is 0 Å². The van der Waals surface area contributed by atoms with Gasteiger partial charge >= 0.3 is 5.97 Å². The Kier molecular flexibility index (Phi) is 6.18. The number of carboxylic acid groups (broad SMARTS) is 1. The summed E-state index contributed by atoms with van der Waals surface area (Å²) in [4.78, 5) is 22.6. The molecule has 3 aromatic carbocycles. The smallest absolute Gasteiger partial charge is 0.335 e. The maximum absolute atomic E-state index is 11.5. The van der Waals surface area contributed by atoms with Gasteiger partial charge in [0.25, 0.3) is 0 Å². The second-order valence-corrected chi connectivity index (χ2v) is 7.00. The monoisotopic (exact) mass is 406 g/mol. The van der Waals surface area contributed by atoms with Crippen molar-refractivity contribution in [3.8, 4) is 11.5 Å². The van der Waals surface area contributed by atoms with Crippen molar-refractivity contribution in [1.82, 2.24) is 0 Å². The SMILES string of the molecule is CC(=O)c1ccc(OCc2ccc(C(O)c3cccc(C(=O)O)c3)cc2)c(C)c1O. The van der Waals surface area contributed by atoms with E-state index in [2.05, 4.69) is 0 Å². The molecule has 0 radical (unpaired) electrons.